The molecule has 0 amide bonds. The molecule has 3 aliphatic rings. The van der Waals surface area contributed by atoms with Crippen LogP contribution in [-0.4, -0.2) is 0 Å². The van der Waals surface area contributed by atoms with Crippen molar-refractivity contribution in [3.8, 4) is 44.5 Å². The number of benzene rings is 11. The molecule has 0 N–H and O–H groups in total. The van der Waals surface area contributed by atoms with Gasteiger partial charge in [0.25, 0.3) is 0 Å². The Kier molecular flexibility index (Phi) is 11.6. The fourth-order valence-electron chi connectivity index (χ4n) is 13.1. The van der Waals surface area contributed by atoms with Crippen molar-refractivity contribution < 1.29 is 0 Å². The molecular weight excluding hydrogens is 953 g/mol. The minimum absolute atomic E-state index is 0.0118. The van der Waals surface area contributed by atoms with E-state index in [0.29, 0.717) is 0 Å². The highest BCUT2D eigenvalue weighted by Crippen LogP contribution is 2.64. The Labute approximate surface area is 467 Å². The third-order valence-electron chi connectivity index (χ3n) is 17.1. The standard InChI is InChI=1S/C77H64N2/c1-76(2,3)59-37-41-67(63(48-59)52-27-15-9-16-28-52)78-69-39-35-54(50-23-11-7-12-24-50)44-65(69)74-66-45-55(51-25-13-8-14-26-51)36-40-70(66)79(68-42-38-60(77(4,5)6)49-64(68)53-29-17-10-18-30-53)72-47-58(46-71(78)75(72)74)73-61-33-21-19-31-56(61)43-57-32-20-22-34-62(57)73/h7-42,44-49,73-74H,43H2,1-6H3. The first-order valence-electron chi connectivity index (χ1n) is 28.2. The Bertz CT molecular complexity index is 3860. The lowest BCUT2D eigenvalue weighted by atomic mass is 9.71. The quantitative estimate of drug-likeness (QED) is 0.157. The van der Waals surface area contributed by atoms with Crippen LogP contribution in [0, 0.1) is 0 Å². The smallest absolute Gasteiger partial charge is 0.0540 e. The van der Waals surface area contributed by atoms with Gasteiger partial charge in [-0.1, -0.05) is 236 Å². The summed E-state index contributed by atoms with van der Waals surface area (Å²) in [5.74, 6) is -0.139. The average Bonchev–Trinajstić information content (AvgIpc) is 3.51. The molecule has 14 rings (SSSR count). The molecule has 1 aliphatic carbocycles. The monoisotopic (exact) mass is 1020 g/mol. The second-order valence-electron chi connectivity index (χ2n) is 24.1. The summed E-state index contributed by atoms with van der Waals surface area (Å²) in [5.41, 5.74) is 29.8. The zero-order chi connectivity index (χ0) is 53.6. The lowest BCUT2D eigenvalue weighted by Gasteiger charge is -2.47. The molecule has 0 fully saturated rings. The van der Waals surface area contributed by atoms with Gasteiger partial charge in [0.15, 0.2) is 0 Å². The van der Waals surface area contributed by atoms with Crippen LogP contribution in [0.25, 0.3) is 44.5 Å². The molecule has 2 nitrogen and oxygen atoms in total. The van der Waals surface area contributed by atoms with E-state index in [2.05, 4.69) is 306 Å². The van der Waals surface area contributed by atoms with E-state index in [0.717, 1.165) is 17.8 Å². The van der Waals surface area contributed by atoms with Gasteiger partial charge in [-0.25, -0.2) is 0 Å². The van der Waals surface area contributed by atoms with E-state index >= 15 is 0 Å². The van der Waals surface area contributed by atoms with Crippen LogP contribution < -0.4 is 9.80 Å². The minimum Gasteiger partial charge on any atom is -0.309 e. The van der Waals surface area contributed by atoms with E-state index in [9.17, 15) is 0 Å². The first-order chi connectivity index (χ1) is 38.5. The van der Waals surface area contributed by atoms with Crippen molar-refractivity contribution in [1.82, 2.24) is 0 Å². The Morgan fingerprint density at radius 1 is 0.291 bits per heavy atom. The molecule has 0 saturated carbocycles. The number of nitrogens with zero attached hydrogens (tertiary/aromatic N) is 2. The number of anilines is 6. The van der Waals surface area contributed by atoms with Gasteiger partial charge < -0.3 is 9.80 Å². The zero-order valence-corrected chi connectivity index (χ0v) is 46.0. The summed E-state index contributed by atoms with van der Waals surface area (Å²) in [4.78, 5) is 5.31. The molecule has 0 aromatic heterocycles. The molecule has 2 aliphatic heterocycles. The second-order valence-corrected chi connectivity index (χ2v) is 24.1. The number of hydrogen-bond acceptors (Lipinski definition) is 2. The van der Waals surface area contributed by atoms with E-state index in [-0.39, 0.29) is 22.7 Å². The predicted octanol–water partition coefficient (Wildman–Crippen LogP) is 20.8. The van der Waals surface area contributed by atoms with Crippen LogP contribution in [0.3, 0.4) is 0 Å². The van der Waals surface area contributed by atoms with Gasteiger partial charge in [0, 0.05) is 28.5 Å². The Morgan fingerprint density at radius 2 is 0.658 bits per heavy atom. The molecule has 11 aromatic carbocycles. The molecule has 0 radical (unpaired) electrons. The summed E-state index contributed by atoms with van der Waals surface area (Å²) in [6.07, 6.45) is 0.913. The summed E-state index contributed by atoms with van der Waals surface area (Å²) < 4.78 is 0. The van der Waals surface area contributed by atoms with Crippen LogP contribution in [0.1, 0.15) is 109 Å². The topological polar surface area (TPSA) is 6.48 Å². The van der Waals surface area contributed by atoms with Crippen molar-refractivity contribution in [3.05, 3.63) is 310 Å². The van der Waals surface area contributed by atoms with E-state index in [4.69, 9.17) is 0 Å². The minimum atomic E-state index is -0.127. The number of hydrogen-bond donors (Lipinski definition) is 0. The first-order valence-corrected chi connectivity index (χ1v) is 28.2. The fourth-order valence-corrected chi connectivity index (χ4v) is 13.1. The molecule has 0 saturated heterocycles. The zero-order valence-electron chi connectivity index (χ0n) is 46.0. The molecule has 0 spiro atoms. The molecule has 0 bridgehead atoms. The maximum Gasteiger partial charge on any atom is 0.0540 e. The van der Waals surface area contributed by atoms with Gasteiger partial charge in [0.05, 0.1) is 34.1 Å². The van der Waals surface area contributed by atoms with Gasteiger partial charge in [-0.2, -0.15) is 0 Å². The van der Waals surface area contributed by atoms with Crippen molar-refractivity contribution in [1.29, 1.82) is 0 Å². The Morgan fingerprint density at radius 3 is 1.06 bits per heavy atom. The highest BCUT2D eigenvalue weighted by molar-refractivity contribution is 6.02. The van der Waals surface area contributed by atoms with E-state index < -0.39 is 0 Å². The summed E-state index contributed by atoms with van der Waals surface area (Å²) in [6, 6.07) is 96.8. The lowest BCUT2D eigenvalue weighted by Crippen LogP contribution is -2.30. The summed E-state index contributed by atoms with van der Waals surface area (Å²) in [7, 11) is 0. The number of rotatable bonds is 7. The van der Waals surface area contributed by atoms with Gasteiger partial charge in [-0.3, -0.25) is 0 Å². The summed E-state index contributed by atoms with van der Waals surface area (Å²) in [6.45, 7) is 14.0. The van der Waals surface area contributed by atoms with Crippen LogP contribution in [0.15, 0.2) is 255 Å². The van der Waals surface area contributed by atoms with Gasteiger partial charge in [-0.15, -0.1) is 0 Å². The Hall–Kier alpha value is -8.98. The van der Waals surface area contributed by atoms with Crippen molar-refractivity contribution in [2.75, 3.05) is 9.80 Å². The van der Waals surface area contributed by atoms with Gasteiger partial charge in [-0.05, 0) is 161 Å². The van der Waals surface area contributed by atoms with Gasteiger partial charge in [0.1, 0.15) is 0 Å². The average molecular weight is 1020 g/mol. The molecule has 2 heterocycles. The normalized spacial score (nSPS) is 13.7. The number of fused-ring (bicyclic) bond motifs is 6. The summed E-state index contributed by atoms with van der Waals surface area (Å²) >= 11 is 0. The van der Waals surface area contributed by atoms with Gasteiger partial charge >= 0.3 is 0 Å². The van der Waals surface area contributed by atoms with Gasteiger partial charge in [0.2, 0.25) is 0 Å². The molecule has 382 valence electrons. The molecule has 79 heavy (non-hydrogen) atoms. The molecule has 2 heteroatoms. The van der Waals surface area contributed by atoms with Crippen LogP contribution in [0.4, 0.5) is 34.1 Å². The fraction of sp³-hybridized carbons (Fsp3) is 0.143. The SMILES string of the molecule is CC(C)(C)c1ccc(N2c3ccc(-c4ccccc4)cc3C3c4cc(-c5ccccc5)ccc4N(c4ccc(C(C)(C)C)cc4-c4ccccc4)c4cc(C5c6ccccc6Cc6ccccc65)cc2c43)c(-c2ccccc2)c1. The Balaban J connectivity index is 1.15. The van der Waals surface area contributed by atoms with Crippen LogP contribution in [0.5, 0.6) is 0 Å². The van der Waals surface area contributed by atoms with Crippen LogP contribution in [-0.2, 0) is 17.3 Å². The van der Waals surface area contributed by atoms with E-state index in [1.807, 2.05) is 0 Å². The lowest BCUT2D eigenvalue weighted by molar-refractivity contribution is 0.590. The third-order valence-corrected chi connectivity index (χ3v) is 17.1. The maximum absolute atomic E-state index is 2.66. The first kappa shape index (κ1) is 48.4. The maximum atomic E-state index is 2.66. The molecular formula is C77H64N2. The predicted molar refractivity (Wildman–Crippen MR) is 333 cm³/mol. The van der Waals surface area contributed by atoms with Crippen LogP contribution >= 0.6 is 0 Å². The second kappa shape index (κ2) is 18.9. The highest BCUT2D eigenvalue weighted by atomic mass is 15.2. The summed E-state index contributed by atoms with van der Waals surface area (Å²) in [5, 5.41) is 0. The van der Waals surface area contributed by atoms with Crippen LogP contribution in [0.2, 0.25) is 0 Å². The molecule has 0 unspecified atom stereocenters. The van der Waals surface area contributed by atoms with Crippen molar-refractivity contribution in [2.24, 2.45) is 0 Å². The molecule has 0 atom stereocenters. The van der Waals surface area contributed by atoms with Crippen molar-refractivity contribution in [3.63, 3.8) is 0 Å². The highest BCUT2D eigenvalue weighted by Gasteiger charge is 2.44. The van der Waals surface area contributed by atoms with Crippen molar-refractivity contribution in [2.45, 2.75) is 70.6 Å². The third kappa shape index (κ3) is 8.32. The largest absolute Gasteiger partial charge is 0.309 e. The van der Waals surface area contributed by atoms with Crippen molar-refractivity contribution >= 4 is 34.1 Å². The molecule has 11 aromatic rings. The van der Waals surface area contributed by atoms with E-state index in [1.54, 1.807) is 0 Å². The van der Waals surface area contributed by atoms with E-state index in [1.165, 1.54) is 123 Å².